The maximum absolute atomic E-state index is 4.73. The molecule has 0 bridgehead atoms. The molecule has 2 unspecified atom stereocenters. The van der Waals surface area contributed by atoms with Crippen LogP contribution in [0, 0.1) is 5.92 Å². The van der Waals surface area contributed by atoms with Crippen molar-refractivity contribution in [3.8, 4) is 0 Å². The third-order valence-corrected chi connectivity index (χ3v) is 5.38. The van der Waals surface area contributed by atoms with E-state index in [4.69, 9.17) is 4.98 Å². The van der Waals surface area contributed by atoms with Crippen molar-refractivity contribution in [2.45, 2.75) is 117 Å². The zero-order chi connectivity index (χ0) is 17.8. The van der Waals surface area contributed by atoms with Gasteiger partial charge in [-0.25, -0.2) is 4.98 Å². The van der Waals surface area contributed by atoms with Crippen molar-refractivity contribution < 1.29 is 0 Å². The first-order chi connectivity index (χ1) is 11.6. The highest BCUT2D eigenvalue weighted by Gasteiger charge is 2.21. The van der Waals surface area contributed by atoms with Crippen molar-refractivity contribution in [2.75, 3.05) is 0 Å². The number of unbranched alkanes of at least 4 members (excludes halogenated alkanes) is 7. The minimum Gasteiger partial charge on any atom is -0.332 e. The van der Waals surface area contributed by atoms with Gasteiger partial charge in [0.2, 0.25) is 0 Å². The van der Waals surface area contributed by atoms with Gasteiger partial charge in [-0.1, -0.05) is 85.5 Å². The lowest BCUT2D eigenvalue weighted by Crippen LogP contribution is -2.16. The standard InChI is InChI=1S/C22H42N2/c1-6-8-9-10-11-12-13-14-16-20(5)24-18-17-23-22(24)21(15-7-2)19(3)4/h17-21H,6-16H2,1-5H3. The molecule has 2 heteroatoms. The molecule has 1 rings (SSSR count). The van der Waals surface area contributed by atoms with E-state index in [1.807, 2.05) is 6.20 Å². The molecule has 0 radical (unpaired) electrons. The zero-order valence-electron chi connectivity index (χ0n) is 17.1. The Morgan fingerprint density at radius 3 is 2.04 bits per heavy atom. The zero-order valence-corrected chi connectivity index (χ0v) is 17.1. The normalized spacial score (nSPS) is 14.2. The molecule has 1 aromatic heterocycles. The SMILES string of the molecule is CCCCCCCCCCC(C)n1ccnc1C(CCC)C(C)C. The largest absolute Gasteiger partial charge is 0.332 e. The lowest BCUT2D eigenvalue weighted by atomic mass is 9.90. The van der Waals surface area contributed by atoms with Crippen molar-refractivity contribution in [3.05, 3.63) is 18.2 Å². The number of hydrogen-bond acceptors (Lipinski definition) is 1. The molecule has 0 N–H and O–H groups in total. The minimum atomic E-state index is 0.584. The van der Waals surface area contributed by atoms with E-state index >= 15 is 0 Å². The maximum atomic E-state index is 4.73. The second kappa shape index (κ2) is 12.6. The molecule has 2 nitrogen and oxygen atoms in total. The summed E-state index contributed by atoms with van der Waals surface area (Å²) in [5, 5.41) is 0. The van der Waals surface area contributed by atoms with Crippen LogP contribution in [0.25, 0.3) is 0 Å². The van der Waals surface area contributed by atoms with Crippen LogP contribution in [0.1, 0.15) is 123 Å². The molecule has 140 valence electrons. The Morgan fingerprint density at radius 2 is 1.46 bits per heavy atom. The van der Waals surface area contributed by atoms with Gasteiger partial charge >= 0.3 is 0 Å². The van der Waals surface area contributed by atoms with Crippen LogP contribution in [0.15, 0.2) is 12.4 Å². The summed E-state index contributed by atoms with van der Waals surface area (Å²) in [4.78, 5) is 4.73. The highest BCUT2D eigenvalue weighted by molar-refractivity contribution is 5.03. The molecule has 1 heterocycles. The summed E-state index contributed by atoms with van der Waals surface area (Å²) in [6, 6.07) is 0.584. The van der Waals surface area contributed by atoms with Gasteiger partial charge in [-0.2, -0.15) is 0 Å². The summed E-state index contributed by atoms with van der Waals surface area (Å²) in [7, 11) is 0. The molecular weight excluding hydrogens is 292 g/mol. The average Bonchev–Trinajstić information content (AvgIpc) is 3.03. The fourth-order valence-corrected chi connectivity index (χ4v) is 3.77. The van der Waals surface area contributed by atoms with E-state index < -0.39 is 0 Å². The van der Waals surface area contributed by atoms with Gasteiger partial charge in [0.1, 0.15) is 5.82 Å². The van der Waals surface area contributed by atoms with E-state index in [9.17, 15) is 0 Å². The Hall–Kier alpha value is -0.790. The smallest absolute Gasteiger partial charge is 0.112 e. The third kappa shape index (κ3) is 7.40. The van der Waals surface area contributed by atoms with E-state index in [0.29, 0.717) is 17.9 Å². The monoisotopic (exact) mass is 334 g/mol. The van der Waals surface area contributed by atoms with Gasteiger partial charge in [0.25, 0.3) is 0 Å². The van der Waals surface area contributed by atoms with E-state index in [-0.39, 0.29) is 0 Å². The molecular formula is C22H42N2. The molecule has 0 aromatic carbocycles. The van der Waals surface area contributed by atoms with Crippen molar-refractivity contribution in [1.29, 1.82) is 0 Å². The molecule has 2 atom stereocenters. The van der Waals surface area contributed by atoms with Crippen LogP contribution >= 0.6 is 0 Å². The first-order valence-corrected chi connectivity index (χ1v) is 10.6. The number of nitrogens with zero attached hydrogens (tertiary/aromatic N) is 2. The van der Waals surface area contributed by atoms with E-state index in [0.717, 1.165) is 0 Å². The van der Waals surface area contributed by atoms with Gasteiger partial charge in [-0.05, 0) is 25.7 Å². The van der Waals surface area contributed by atoms with Crippen LogP contribution in [-0.2, 0) is 0 Å². The van der Waals surface area contributed by atoms with Crippen LogP contribution in [-0.4, -0.2) is 9.55 Å². The summed E-state index contributed by atoms with van der Waals surface area (Å²) < 4.78 is 2.46. The minimum absolute atomic E-state index is 0.584. The predicted octanol–water partition coefficient (Wildman–Crippen LogP) is 7.51. The molecule has 0 amide bonds. The Labute approximate surface area is 151 Å². The molecule has 0 fully saturated rings. The fraction of sp³-hybridized carbons (Fsp3) is 0.864. The lowest BCUT2D eigenvalue weighted by Gasteiger charge is -2.24. The Balaban J connectivity index is 2.37. The number of hydrogen-bond donors (Lipinski definition) is 0. The molecule has 24 heavy (non-hydrogen) atoms. The molecule has 0 saturated heterocycles. The molecule has 1 aromatic rings. The van der Waals surface area contributed by atoms with E-state index in [1.54, 1.807) is 0 Å². The molecule has 0 aliphatic heterocycles. The second-order valence-electron chi connectivity index (χ2n) is 7.94. The Bertz CT molecular complexity index is 408. The Kier molecular flexibility index (Phi) is 11.1. The van der Waals surface area contributed by atoms with Gasteiger partial charge < -0.3 is 4.57 Å². The highest BCUT2D eigenvalue weighted by Crippen LogP contribution is 2.30. The van der Waals surface area contributed by atoms with Crippen LogP contribution in [0.4, 0.5) is 0 Å². The van der Waals surface area contributed by atoms with Crippen molar-refractivity contribution in [3.63, 3.8) is 0 Å². The quantitative estimate of drug-likeness (QED) is 0.322. The number of rotatable bonds is 14. The van der Waals surface area contributed by atoms with Gasteiger partial charge in [0, 0.05) is 24.4 Å². The summed E-state index contributed by atoms with van der Waals surface area (Å²) in [6.45, 7) is 11.6. The maximum Gasteiger partial charge on any atom is 0.112 e. The summed E-state index contributed by atoms with van der Waals surface area (Å²) in [5.74, 6) is 2.59. The van der Waals surface area contributed by atoms with Gasteiger partial charge in [0.15, 0.2) is 0 Å². The lowest BCUT2D eigenvalue weighted by molar-refractivity contribution is 0.391. The fourth-order valence-electron chi connectivity index (χ4n) is 3.77. The van der Waals surface area contributed by atoms with Gasteiger partial charge in [0.05, 0.1) is 0 Å². The van der Waals surface area contributed by atoms with Crippen molar-refractivity contribution >= 4 is 0 Å². The molecule has 0 saturated carbocycles. The topological polar surface area (TPSA) is 17.8 Å². The van der Waals surface area contributed by atoms with Crippen LogP contribution < -0.4 is 0 Å². The molecule has 0 spiro atoms. The summed E-state index contributed by atoms with van der Waals surface area (Å²) >= 11 is 0. The molecule has 0 aliphatic rings. The van der Waals surface area contributed by atoms with Crippen LogP contribution in [0.3, 0.4) is 0 Å². The number of aromatic nitrogens is 2. The van der Waals surface area contributed by atoms with Gasteiger partial charge in [-0.3, -0.25) is 0 Å². The first-order valence-electron chi connectivity index (χ1n) is 10.6. The predicted molar refractivity (Wildman–Crippen MR) is 107 cm³/mol. The first kappa shape index (κ1) is 21.3. The Morgan fingerprint density at radius 1 is 0.833 bits per heavy atom. The summed E-state index contributed by atoms with van der Waals surface area (Å²) in [5.41, 5.74) is 0. The third-order valence-electron chi connectivity index (χ3n) is 5.38. The number of imidazole rings is 1. The second-order valence-corrected chi connectivity index (χ2v) is 7.94. The molecule has 0 aliphatic carbocycles. The van der Waals surface area contributed by atoms with Crippen molar-refractivity contribution in [2.24, 2.45) is 5.92 Å². The van der Waals surface area contributed by atoms with Crippen molar-refractivity contribution in [1.82, 2.24) is 9.55 Å². The van der Waals surface area contributed by atoms with E-state index in [1.165, 1.54) is 76.5 Å². The average molecular weight is 335 g/mol. The highest BCUT2D eigenvalue weighted by atomic mass is 15.1. The van der Waals surface area contributed by atoms with Crippen LogP contribution in [0.2, 0.25) is 0 Å². The van der Waals surface area contributed by atoms with Crippen LogP contribution in [0.5, 0.6) is 0 Å². The summed E-state index contributed by atoms with van der Waals surface area (Å²) in [6.07, 6.45) is 19.2. The van der Waals surface area contributed by atoms with E-state index in [2.05, 4.69) is 45.4 Å². The van der Waals surface area contributed by atoms with Gasteiger partial charge in [-0.15, -0.1) is 0 Å².